The zero-order valence-electron chi connectivity index (χ0n) is 54.4. The van der Waals surface area contributed by atoms with Gasteiger partial charge in [-0.25, -0.2) is 0 Å². The smallest absolute Gasteiger partial charge is 0.306 e. The van der Waals surface area contributed by atoms with E-state index in [0.717, 1.165) is 128 Å². The van der Waals surface area contributed by atoms with Crippen LogP contribution in [0.25, 0.3) is 0 Å². The number of rotatable bonds is 63. The number of hydrogen-bond donors (Lipinski definition) is 0. The summed E-state index contributed by atoms with van der Waals surface area (Å²) in [4.78, 5) is 38.4. The van der Waals surface area contributed by atoms with Crippen molar-refractivity contribution in [2.75, 3.05) is 13.2 Å². The van der Waals surface area contributed by atoms with E-state index < -0.39 is 6.10 Å². The molecule has 0 aliphatic heterocycles. The molecular weight excluding hydrogens is 1020 g/mol. The van der Waals surface area contributed by atoms with Crippen LogP contribution in [0.15, 0.2) is 122 Å². The molecule has 83 heavy (non-hydrogen) atoms. The number of carbonyl (C=O) groups excluding carboxylic acids is 3. The highest BCUT2D eigenvalue weighted by atomic mass is 16.6. The molecule has 0 amide bonds. The van der Waals surface area contributed by atoms with Crippen molar-refractivity contribution in [1.29, 1.82) is 0 Å². The molecule has 0 aromatic carbocycles. The van der Waals surface area contributed by atoms with Crippen molar-refractivity contribution >= 4 is 17.9 Å². The quantitative estimate of drug-likeness (QED) is 0.0261. The average Bonchev–Trinajstić information content (AvgIpc) is 3.49. The van der Waals surface area contributed by atoms with E-state index in [2.05, 4.69) is 142 Å². The summed E-state index contributed by atoms with van der Waals surface area (Å²) in [5.41, 5.74) is 0. The first-order valence-corrected chi connectivity index (χ1v) is 35.0. The van der Waals surface area contributed by atoms with Crippen molar-refractivity contribution in [3.8, 4) is 0 Å². The fraction of sp³-hybridized carbons (Fsp3) is 0.701. The highest BCUT2D eigenvalue weighted by Crippen LogP contribution is 2.16. The number of hydrogen-bond acceptors (Lipinski definition) is 6. The monoisotopic (exact) mass is 1150 g/mol. The fourth-order valence-electron chi connectivity index (χ4n) is 9.68. The molecule has 474 valence electrons. The summed E-state index contributed by atoms with van der Waals surface area (Å²) < 4.78 is 16.9. The summed E-state index contributed by atoms with van der Waals surface area (Å²) in [5, 5.41) is 0. The lowest BCUT2D eigenvalue weighted by molar-refractivity contribution is -0.167. The summed E-state index contributed by atoms with van der Waals surface area (Å²) in [6.45, 7) is 6.49. The van der Waals surface area contributed by atoms with Crippen LogP contribution in [-0.4, -0.2) is 37.2 Å². The normalized spacial score (nSPS) is 12.9. The minimum Gasteiger partial charge on any atom is -0.462 e. The van der Waals surface area contributed by atoms with E-state index in [4.69, 9.17) is 14.2 Å². The molecule has 1 unspecified atom stereocenters. The number of ether oxygens (including phenoxy) is 3. The Bertz CT molecular complexity index is 1700. The van der Waals surface area contributed by atoms with Gasteiger partial charge in [-0.2, -0.15) is 0 Å². The van der Waals surface area contributed by atoms with Crippen LogP contribution in [0.5, 0.6) is 0 Å². The number of esters is 3. The van der Waals surface area contributed by atoms with Crippen LogP contribution in [0, 0.1) is 0 Å². The Labute approximate surface area is 513 Å². The van der Waals surface area contributed by atoms with Gasteiger partial charge in [0.15, 0.2) is 6.10 Å². The molecule has 0 aromatic heterocycles. The maximum absolute atomic E-state index is 12.9. The second-order valence-corrected chi connectivity index (χ2v) is 23.1. The fourth-order valence-corrected chi connectivity index (χ4v) is 9.68. The Balaban J connectivity index is 4.24. The first kappa shape index (κ1) is 78.8. The van der Waals surface area contributed by atoms with E-state index in [9.17, 15) is 14.4 Å². The predicted molar refractivity (Wildman–Crippen MR) is 362 cm³/mol. The molecule has 0 saturated carbocycles. The van der Waals surface area contributed by atoms with Crippen LogP contribution in [0.4, 0.5) is 0 Å². The SMILES string of the molecule is CC/C=C\C/C=C\C/C=C\C/C=C\C/C=C\C/C=C\CCCCCCCCCCCCCCCCC(=O)OCC(COC(=O)CCCCCCC/C=C\CCCCCC)OC(=O)CCCCCCCC/C=C\C/C=C\C/C=C\CCCCC. The first-order chi connectivity index (χ1) is 41.0. The van der Waals surface area contributed by atoms with Gasteiger partial charge in [0.25, 0.3) is 0 Å². The van der Waals surface area contributed by atoms with E-state index in [1.54, 1.807) is 0 Å². The van der Waals surface area contributed by atoms with E-state index in [1.807, 2.05) is 0 Å². The summed E-state index contributed by atoms with van der Waals surface area (Å²) in [6.07, 6.45) is 97.9. The van der Waals surface area contributed by atoms with Crippen molar-refractivity contribution in [2.24, 2.45) is 0 Å². The van der Waals surface area contributed by atoms with Crippen LogP contribution in [0.1, 0.15) is 329 Å². The molecule has 0 aliphatic rings. The Morgan fingerprint density at radius 2 is 0.470 bits per heavy atom. The molecule has 0 aliphatic carbocycles. The molecule has 0 aromatic rings. The third-order valence-corrected chi connectivity index (χ3v) is 14.9. The van der Waals surface area contributed by atoms with Gasteiger partial charge in [0.2, 0.25) is 0 Å². The van der Waals surface area contributed by atoms with Crippen LogP contribution in [-0.2, 0) is 28.6 Å². The first-order valence-electron chi connectivity index (χ1n) is 35.0. The van der Waals surface area contributed by atoms with Crippen molar-refractivity contribution in [3.63, 3.8) is 0 Å². The lowest BCUT2D eigenvalue weighted by Crippen LogP contribution is -2.30. The highest BCUT2D eigenvalue weighted by Gasteiger charge is 2.19. The number of unbranched alkanes of at least 4 members (excludes halogenated alkanes) is 32. The van der Waals surface area contributed by atoms with Gasteiger partial charge >= 0.3 is 17.9 Å². The van der Waals surface area contributed by atoms with Crippen LogP contribution in [0.3, 0.4) is 0 Å². The van der Waals surface area contributed by atoms with Gasteiger partial charge in [0.1, 0.15) is 13.2 Å². The summed E-state index contributed by atoms with van der Waals surface area (Å²) in [7, 11) is 0. The molecule has 0 fully saturated rings. The van der Waals surface area contributed by atoms with Crippen LogP contribution < -0.4 is 0 Å². The molecular formula is C77H130O6. The van der Waals surface area contributed by atoms with E-state index >= 15 is 0 Å². The molecule has 0 heterocycles. The number of allylic oxidation sites excluding steroid dienone is 20. The Morgan fingerprint density at radius 1 is 0.253 bits per heavy atom. The van der Waals surface area contributed by atoms with Crippen molar-refractivity contribution in [1.82, 2.24) is 0 Å². The zero-order valence-corrected chi connectivity index (χ0v) is 54.4. The largest absolute Gasteiger partial charge is 0.462 e. The lowest BCUT2D eigenvalue weighted by Gasteiger charge is -2.18. The van der Waals surface area contributed by atoms with Crippen LogP contribution >= 0.6 is 0 Å². The van der Waals surface area contributed by atoms with Crippen molar-refractivity contribution in [2.45, 2.75) is 335 Å². The zero-order chi connectivity index (χ0) is 59.9. The molecule has 0 radical (unpaired) electrons. The third kappa shape index (κ3) is 68.5. The number of carbonyl (C=O) groups is 3. The van der Waals surface area contributed by atoms with E-state index in [0.29, 0.717) is 19.3 Å². The molecule has 1 atom stereocenters. The molecule has 0 bridgehead atoms. The van der Waals surface area contributed by atoms with Gasteiger partial charge in [0.05, 0.1) is 0 Å². The van der Waals surface area contributed by atoms with Crippen molar-refractivity contribution in [3.05, 3.63) is 122 Å². The standard InChI is InChI=1S/C77H130O6/c1-4-7-10-13-16-19-22-25-27-29-31-32-33-34-35-36-37-38-39-40-41-42-43-44-46-47-49-52-55-58-61-64-67-70-76(79)82-73-74(72-81-75(78)69-66-63-60-57-54-51-24-21-18-15-12-9-6-3)83-77(80)71-68-65-62-59-56-53-50-48-45-30-28-26-23-20-17-14-11-8-5-2/h7,10,16-17,19-21,24-28,31-32,34-35,37-38,45,48,74H,4-6,8-9,11-15,18,22-23,29-30,33,36,39-44,46-47,49-73H2,1-3H3/b10-7-,19-16-,20-17-,24-21-,27-25-,28-26-,32-31-,35-34-,38-37-,48-45-. The molecule has 0 N–H and O–H groups in total. The van der Waals surface area contributed by atoms with E-state index in [1.165, 1.54) is 161 Å². The lowest BCUT2D eigenvalue weighted by atomic mass is 10.0. The predicted octanol–water partition coefficient (Wildman–Crippen LogP) is 24.3. The molecule has 6 nitrogen and oxygen atoms in total. The van der Waals surface area contributed by atoms with Gasteiger partial charge in [-0.1, -0.05) is 296 Å². The molecule has 0 saturated heterocycles. The maximum atomic E-state index is 12.9. The van der Waals surface area contributed by atoms with Gasteiger partial charge in [0, 0.05) is 19.3 Å². The van der Waals surface area contributed by atoms with Gasteiger partial charge in [-0.15, -0.1) is 0 Å². The average molecular weight is 1150 g/mol. The van der Waals surface area contributed by atoms with Crippen LogP contribution in [0.2, 0.25) is 0 Å². The Kier molecular flexibility index (Phi) is 66.7. The third-order valence-electron chi connectivity index (χ3n) is 14.9. The Hall–Kier alpha value is -4.19. The van der Waals surface area contributed by atoms with Gasteiger partial charge < -0.3 is 14.2 Å². The second kappa shape index (κ2) is 70.3. The minimum atomic E-state index is -0.791. The minimum absolute atomic E-state index is 0.0859. The molecule has 0 rings (SSSR count). The van der Waals surface area contributed by atoms with Gasteiger partial charge in [-0.05, 0) is 135 Å². The second-order valence-electron chi connectivity index (χ2n) is 23.1. The van der Waals surface area contributed by atoms with E-state index in [-0.39, 0.29) is 31.1 Å². The summed E-state index contributed by atoms with van der Waals surface area (Å²) in [6, 6.07) is 0. The topological polar surface area (TPSA) is 78.9 Å². The molecule has 6 heteroatoms. The van der Waals surface area contributed by atoms with Crippen molar-refractivity contribution < 1.29 is 28.6 Å². The highest BCUT2D eigenvalue weighted by molar-refractivity contribution is 5.71. The molecule has 0 spiro atoms. The maximum Gasteiger partial charge on any atom is 0.306 e. The Morgan fingerprint density at radius 3 is 0.771 bits per heavy atom. The summed E-state index contributed by atoms with van der Waals surface area (Å²) in [5.74, 6) is -0.898. The summed E-state index contributed by atoms with van der Waals surface area (Å²) >= 11 is 0. The van der Waals surface area contributed by atoms with Gasteiger partial charge in [-0.3, -0.25) is 14.4 Å².